The molecule has 2 N–H and O–H groups in total. The van der Waals surface area contributed by atoms with Crippen LogP contribution >= 0.6 is 11.8 Å². The Labute approximate surface area is 157 Å². The van der Waals surface area contributed by atoms with E-state index in [0.29, 0.717) is 18.1 Å². The van der Waals surface area contributed by atoms with Crippen LogP contribution in [-0.2, 0) is 19.6 Å². The molecule has 0 radical (unpaired) electrons. The standard InChI is InChI=1S/C15H24N4O5S2/c1-11-7-13(18-24-11)17-14(20)9-25-10-15(21)19-6-4-3-5-12(19)8-16-26(2,22)23/h7,12,16H,3-6,8-10H2,1-2H3,(H,17,18,20). The summed E-state index contributed by atoms with van der Waals surface area (Å²) in [6.45, 7) is 2.56. The van der Waals surface area contributed by atoms with E-state index in [0.717, 1.165) is 25.5 Å². The number of hydrogen-bond donors (Lipinski definition) is 2. The van der Waals surface area contributed by atoms with Crippen molar-refractivity contribution < 1.29 is 22.5 Å². The first-order chi connectivity index (χ1) is 12.2. The van der Waals surface area contributed by atoms with E-state index in [1.54, 1.807) is 17.9 Å². The van der Waals surface area contributed by atoms with Crippen LogP contribution in [0.1, 0.15) is 25.0 Å². The molecule has 0 saturated carbocycles. The zero-order valence-corrected chi connectivity index (χ0v) is 16.5. The Morgan fingerprint density at radius 3 is 2.81 bits per heavy atom. The van der Waals surface area contributed by atoms with E-state index >= 15 is 0 Å². The van der Waals surface area contributed by atoms with Crippen molar-refractivity contribution in [3.8, 4) is 0 Å². The number of anilines is 1. The van der Waals surface area contributed by atoms with E-state index in [1.165, 1.54) is 11.8 Å². The maximum atomic E-state index is 12.4. The van der Waals surface area contributed by atoms with Crippen LogP contribution in [-0.4, -0.2) is 67.2 Å². The van der Waals surface area contributed by atoms with Crippen molar-refractivity contribution >= 4 is 39.4 Å². The van der Waals surface area contributed by atoms with Gasteiger partial charge in [0.05, 0.1) is 17.8 Å². The molecule has 0 aliphatic carbocycles. The lowest BCUT2D eigenvalue weighted by molar-refractivity contribution is -0.131. The van der Waals surface area contributed by atoms with Gasteiger partial charge in [0.15, 0.2) is 5.82 Å². The Balaban J connectivity index is 1.76. The SMILES string of the molecule is Cc1cc(NC(=O)CSCC(=O)N2CCCCC2CNS(C)(=O)=O)no1. The molecule has 1 aromatic rings. The second-order valence-electron chi connectivity index (χ2n) is 6.22. The summed E-state index contributed by atoms with van der Waals surface area (Å²) in [6, 6.07) is 1.47. The maximum absolute atomic E-state index is 12.4. The van der Waals surface area contributed by atoms with Crippen LogP contribution in [0.5, 0.6) is 0 Å². The molecule has 0 bridgehead atoms. The molecule has 1 fully saturated rings. The molecular weight excluding hydrogens is 380 g/mol. The fourth-order valence-corrected chi connectivity index (χ4v) is 3.90. The normalized spacial score (nSPS) is 17.9. The van der Waals surface area contributed by atoms with Crippen molar-refractivity contribution in [1.82, 2.24) is 14.8 Å². The highest BCUT2D eigenvalue weighted by molar-refractivity contribution is 8.00. The second kappa shape index (κ2) is 9.38. The van der Waals surface area contributed by atoms with E-state index in [1.807, 2.05) is 0 Å². The van der Waals surface area contributed by atoms with Gasteiger partial charge in [0, 0.05) is 25.2 Å². The van der Waals surface area contributed by atoms with Crippen LogP contribution in [0.2, 0.25) is 0 Å². The highest BCUT2D eigenvalue weighted by Crippen LogP contribution is 2.18. The third-order valence-electron chi connectivity index (χ3n) is 3.88. The van der Waals surface area contributed by atoms with Crippen molar-refractivity contribution in [1.29, 1.82) is 0 Å². The van der Waals surface area contributed by atoms with Crippen molar-refractivity contribution in [2.75, 3.05) is 36.2 Å². The first kappa shape index (κ1) is 20.7. The Hall–Kier alpha value is -1.59. The number of piperidine rings is 1. The fraction of sp³-hybridized carbons (Fsp3) is 0.667. The van der Waals surface area contributed by atoms with E-state index in [4.69, 9.17) is 4.52 Å². The van der Waals surface area contributed by atoms with Crippen LogP contribution in [0.4, 0.5) is 5.82 Å². The van der Waals surface area contributed by atoms with Crippen LogP contribution in [0.25, 0.3) is 0 Å². The Morgan fingerprint density at radius 2 is 2.15 bits per heavy atom. The summed E-state index contributed by atoms with van der Waals surface area (Å²) in [5, 5.41) is 6.27. The lowest BCUT2D eigenvalue weighted by Crippen LogP contribution is -2.50. The minimum atomic E-state index is -3.29. The number of amides is 2. The summed E-state index contributed by atoms with van der Waals surface area (Å²) in [5.41, 5.74) is 0. The van der Waals surface area contributed by atoms with E-state index in [-0.39, 0.29) is 35.9 Å². The summed E-state index contributed by atoms with van der Waals surface area (Å²) in [4.78, 5) is 26.0. The number of rotatable bonds is 8. The van der Waals surface area contributed by atoms with Crippen LogP contribution in [0.3, 0.4) is 0 Å². The molecule has 2 rings (SSSR count). The Bertz CT molecular complexity index is 734. The number of carbonyl (C=O) groups is 2. The van der Waals surface area contributed by atoms with Gasteiger partial charge in [-0.3, -0.25) is 9.59 Å². The van der Waals surface area contributed by atoms with Crippen molar-refractivity contribution in [2.45, 2.75) is 32.2 Å². The fourth-order valence-electron chi connectivity index (χ4n) is 2.71. The number of likely N-dealkylation sites (tertiary alicyclic amines) is 1. The zero-order chi connectivity index (χ0) is 19.2. The number of aromatic nitrogens is 1. The van der Waals surface area contributed by atoms with Gasteiger partial charge in [-0.05, 0) is 26.2 Å². The van der Waals surface area contributed by atoms with Crippen LogP contribution in [0, 0.1) is 6.92 Å². The van der Waals surface area contributed by atoms with Gasteiger partial charge < -0.3 is 14.7 Å². The number of nitrogens with zero attached hydrogens (tertiary/aromatic N) is 2. The number of aryl methyl sites for hydroxylation is 1. The molecule has 0 aromatic carbocycles. The lowest BCUT2D eigenvalue weighted by Gasteiger charge is -2.35. The smallest absolute Gasteiger partial charge is 0.235 e. The first-order valence-electron chi connectivity index (χ1n) is 8.29. The molecule has 1 unspecified atom stereocenters. The number of thioether (sulfide) groups is 1. The first-order valence-corrected chi connectivity index (χ1v) is 11.3. The summed E-state index contributed by atoms with van der Waals surface area (Å²) < 4.78 is 29.9. The highest BCUT2D eigenvalue weighted by atomic mass is 32.2. The minimum Gasteiger partial charge on any atom is -0.360 e. The van der Waals surface area contributed by atoms with Crippen molar-refractivity contribution in [2.24, 2.45) is 0 Å². The third-order valence-corrected chi connectivity index (χ3v) is 5.49. The average Bonchev–Trinajstić information content (AvgIpc) is 2.97. The second-order valence-corrected chi connectivity index (χ2v) is 9.04. The highest BCUT2D eigenvalue weighted by Gasteiger charge is 2.27. The summed E-state index contributed by atoms with van der Waals surface area (Å²) in [5.74, 6) is 0.896. The average molecular weight is 405 g/mol. The van der Waals surface area contributed by atoms with Crippen molar-refractivity contribution in [3.63, 3.8) is 0 Å². The molecule has 1 saturated heterocycles. The topological polar surface area (TPSA) is 122 Å². The molecule has 2 heterocycles. The van der Waals surface area contributed by atoms with Crippen molar-refractivity contribution in [3.05, 3.63) is 11.8 Å². The summed E-state index contributed by atoms with van der Waals surface area (Å²) >= 11 is 1.21. The molecule has 0 spiro atoms. The molecule has 2 amide bonds. The van der Waals surface area contributed by atoms with Gasteiger partial charge in [-0.25, -0.2) is 13.1 Å². The molecule has 1 aliphatic heterocycles. The summed E-state index contributed by atoms with van der Waals surface area (Å²) in [7, 11) is -3.29. The number of hydrogen-bond acceptors (Lipinski definition) is 7. The van der Waals surface area contributed by atoms with E-state index in [9.17, 15) is 18.0 Å². The van der Waals surface area contributed by atoms with Crippen LogP contribution < -0.4 is 10.0 Å². The lowest BCUT2D eigenvalue weighted by atomic mass is 10.0. The Morgan fingerprint density at radius 1 is 1.38 bits per heavy atom. The van der Waals surface area contributed by atoms with Gasteiger partial charge >= 0.3 is 0 Å². The largest absolute Gasteiger partial charge is 0.360 e. The maximum Gasteiger partial charge on any atom is 0.235 e. The molecule has 1 aromatic heterocycles. The Kier molecular flexibility index (Phi) is 7.47. The van der Waals surface area contributed by atoms with Gasteiger partial charge in [0.2, 0.25) is 21.8 Å². The molecule has 11 heteroatoms. The van der Waals surface area contributed by atoms with Crippen LogP contribution in [0.15, 0.2) is 10.6 Å². The minimum absolute atomic E-state index is 0.0833. The number of sulfonamides is 1. The quantitative estimate of drug-likeness (QED) is 0.650. The molecule has 9 nitrogen and oxygen atoms in total. The molecular formula is C15H24N4O5S2. The van der Waals surface area contributed by atoms with Gasteiger partial charge in [-0.1, -0.05) is 5.16 Å². The van der Waals surface area contributed by atoms with E-state index in [2.05, 4.69) is 15.2 Å². The van der Waals surface area contributed by atoms with Gasteiger partial charge in [0.25, 0.3) is 0 Å². The van der Waals surface area contributed by atoms with Gasteiger partial charge in [-0.2, -0.15) is 0 Å². The number of nitrogens with one attached hydrogen (secondary N) is 2. The molecule has 26 heavy (non-hydrogen) atoms. The van der Waals surface area contributed by atoms with Gasteiger partial charge in [-0.15, -0.1) is 11.8 Å². The third kappa shape index (κ3) is 6.96. The molecule has 1 aliphatic rings. The van der Waals surface area contributed by atoms with Gasteiger partial charge in [0.1, 0.15) is 5.76 Å². The molecule has 1 atom stereocenters. The van der Waals surface area contributed by atoms with E-state index < -0.39 is 10.0 Å². The zero-order valence-electron chi connectivity index (χ0n) is 14.9. The monoisotopic (exact) mass is 404 g/mol. The summed E-state index contributed by atoms with van der Waals surface area (Å²) in [6.07, 6.45) is 3.74. The predicted molar refractivity (Wildman–Crippen MR) is 99.4 cm³/mol. The molecule has 146 valence electrons. The predicted octanol–water partition coefficient (Wildman–Crippen LogP) is 0.585. The number of carbonyl (C=O) groups excluding carboxylic acids is 2.